The highest BCUT2D eigenvalue weighted by Crippen LogP contribution is 2.35. The molecule has 1 fully saturated rings. The highest BCUT2D eigenvalue weighted by Gasteiger charge is 2.32. The van der Waals surface area contributed by atoms with E-state index in [0.717, 1.165) is 35.3 Å². The molecule has 4 aromatic rings. The van der Waals surface area contributed by atoms with Gasteiger partial charge in [-0.05, 0) is 43.0 Å². The number of rotatable bonds is 5. The topological polar surface area (TPSA) is 154 Å². The first-order valence-electron chi connectivity index (χ1n) is 12.4. The molecule has 2 aliphatic rings. The summed E-state index contributed by atoms with van der Waals surface area (Å²) in [5.41, 5.74) is 15.6. The van der Waals surface area contributed by atoms with Crippen molar-refractivity contribution in [3.05, 3.63) is 71.5 Å². The van der Waals surface area contributed by atoms with E-state index in [-0.39, 0.29) is 28.9 Å². The molecule has 192 valence electrons. The first kappa shape index (κ1) is 23.5. The average molecular weight is 512 g/mol. The van der Waals surface area contributed by atoms with E-state index in [4.69, 9.17) is 16.0 Å². The van der Waals surface area contributed by atoms with Gasteiger partial charge in [-0.15, -0.1) is 0 Å². The summed E-state index contributed by atoms with van der Waals surface area (Å²) in [5, 5.41) is 8.29. The van der Waals surface area contributed by atoms with Crippen LogP contribution in [-0.4, -0.2) is 45.7 Å². The molecule has 0 saturated carbocycles. The number of piperidine rings is 1. The number of anilines is 3. The number of amides is 3. The van der Waals surface area contributed by atoms with Crippen LogP contribution in [0.25, 0.3) is 17.1 Å². The first-order valence-corrected chi connectivity index (χ1v) is 12.4. The van der Waals surface area contributed by atoms with E-state index in [1.54, 1.807) is 9.80 Å². The minimum Gasteiger partial charge on any atom is -0.392 e. The number of hydrogen-bond donors (Lipinski definition) is 2. The van der Waals surface area contributed by atoms with Crippen LogP contribution < -0.4 is 21.3 Å². The second-order valence-corrected chi connectivity index (χ2v) is 9.33. The number of primary amides is 1. The van der Waals surface area contributed by atoms with E-state index in [1.165, 1.54) is 10.7 Å². The number of benzene rings is 2. The number of nitrogen functional groups attached to an aromatic ring is 1. The van der Waals surface area contributed by atoms with Crippen molar-refractivity contribution in [2.45, 2.75) is 25.7 Å². The fourth-order valence-corrected chi connectivity index (χ4v) is 5.04. The van der Waals surface area contributed by atoms with Gasteiger partial charge in [-0.1, -0.05) is 35.5 Å². The van der Waals surface area contributed by atoms with Crippen LogP contribution in [0.3, 0.4) is 0 Å². The maximum absolute atomic E-state index is 13.8. The summed E-state index contributed by atoms with van der Waals surface area (Å²) in [4.78, 5) is 41.6. The number of hydrogen-bond acceptors (Lipinski definition) is 7. The summed E-state index contributed by atoms with van der Waals surface area (Å²) in [7, 11) is 0. The Bertz CT molecular complexity index is 1570. The molecule has 0 spiro atoms. The van der Waals surface area contributed by atoms with Crippen LogP contribution in [-0.2, 0) is 11.2 Å². The van der Waals surface area contributed by atoms with E-state index < -0.39 is 11.8 Å². The Hall–Kier alpha value is -4.93. The minimum absolute atomic E-state index is 0.0121. The van der Waals surface area contributed by atoms with Crippen LogP contribution in [0.4, 0.5) is 17.1 Å². The van der Waals surface area contributed by atoms with Crippen molar-refractivity contribution in [1.29, 1.82) is 0 Å². The molecule has 6 rings (SSSR count). The van der Waals surface area contributed by atoms with Gasteiger partial charge >= 0.3 is 0 Å². The highest BCUT2D eigenvalue weighted by molar-refractivity contribution is 6.08. The van der Waals surface area contributed by atoms with Crippen molar-refractivity contribution in [2.24, 2.45) is 5.73 Å². The molecule has 0 radical (unpaired) electrons. The van der Waals surface area contributed by atoms with Gasteiger partial charge in [-0.3, -0.25) is 14.4 Å². The van der Waals surface area contributed by atoms with Crippen LogP contribution in [0.15, 0.2) is 59.1 Å². The summed E-state index contributed by atoms with van der Waals surface area (Å²) in [5.74, 6) is -1.07. The van der Waals surface area contributed by atoms with Crippen molar-refractivity contribution in [3.63, 3.8) is 0 Å². The largest absolute Gasteiger partial charge is 0.392 e. The number of nitrogens with zero attached hydrogens (tertiary/aromatic N) is 5. The first-order chi connectivity index (χ1) is 18.4. The number of fused-ring (bicyclic) bond motifs is 1. The van der Waals surface area contributed by atoms with Crippen LogP contribution in [0.2, 0.25) is 0 Å². The van der Waals surface area contributed by atoms with Gasteiger partial charge in [0.15, 0.2) is 5.69 Å². The lowest BCUT2D eigenvalue weighted by molar-refractivity contribution is -0.119. The summed E-state index contributed by atoms with van der Waals surface area (Å²) in [6, 6.07) is 16.2. The number of nitrogens with two attached hydrogens (primary N) is 2. The molecule has 0 aliphatic carbocycles. The molecular weight excluding hydrogens is 486 g/mol. The Balaban J connectivity index is 1.36. The SMILES string of the molecule is NC(=O)c1cc(C(=O)N2CCc3cc(N4CCCCC4=O)ccc32)n(-c2onc(-c3ccccc3)c2N)n1. The van der Waals surface area contributed by atoms with Crippen molar-refractivity contribution < 1.29 is 18.9 Å². The molecule has 0 unspecified atom stereocenters. The number of carbonyl (C=O) groups excluding carboxylic acids is 3. The monoisotopic (exact) mass is 511 g/mol. The summed E-state index contributed by atoms with van der Waals surface area (Å²) in [6.07, 6.45) is 3.05. The quantitative estimate of drug-likeness (QED) is 0.418. The zero-order valence-corrected chi connectivity index (χ0v) is 20.5. The summed E-state index contributed by atoms with van der Waals surface area (Å²) < 4.78 is 6.69. The molecular formula is C27H25N7O4. The second kappa shape index (κ2) is 9.18. The lowest BCUT2D eigenvalue weighted by Crippen LogP contribution is -2.35. The van der Waals surface area contributed by atoms with Gasteiger partial charge in [-0.25, -0.2) is 0 Å². The molecule has 0 atom stereocenters. The van der Waals surface area contributed by atoms with E-state index in [9.17, 15) is 14.4 Å². The Morgan fingerprint density at radius 2 is 1.79 bits per heavy atom. The average Bonchev–Trinajstić information content (AvgIpc) is 3.65. The van der Waals surface area contributed by atoms with Gasteiger partial charge in [0.25, 0.3) is 17.7 Å². The molecule has 2 aliphatic heterocycles. The number of carbonyl (C=O) groups is 3. The van der Waals surface area contributed by atoms with Gasteiger partial charge in [-0.2, -0.15) is 9.78 Å². The molecule has 2 aromatic carbocycles. The minimum atomic E-state index is -0.795. The Kier molecular flexibility index (Phi) is 5.67. The van der Waals surface area contributed by atoms with E-state index in [2.05, 4.69) is 10.3 Å². The molecule has 2 aromatic heterocycles. The van der Waals surface area contributed by atoms with Gasteiger partial charge in [0.05, 0.1) is 0 Å². The predicted octanol–water partition coefficient (Wildman–Crippen LogP) is 2.93. The van der Waals surface area contributed by atoms with Gasteiger partial charge < -0.3 is 25.8 Å². The van der Waals surface area contributed by atoms with Crippen LogP contribution in [0.5, 0.6) is 0 Å². The molecule has 3 amide bonds. The Morgan fingerprint density at radius 1 is 0.974 bits per heavy atom. The Labute approximate surface area is 217 Å². The lowest BCUT2D eigenvalue weighted by Gasteiger charge is -2.27. The molecule has 1 saturated heterocycles. The third kappa shape index (κ3) is 3.88. The van der Waals surface area contributed by atoms with Crippen molar-refractivity contribution in [1.82, 2.24) is 14.9 Å². The number of aromatic nitrogens is 3. The van der Waals surface area contributed by atoms with Crippen LogP contribution >= 0.6 is 0 Å². The zero-order valence-electron chi connectivity index (χ0n) is 20.5. The summed E-state index contributed by atoms with van der Waals surface area (Å²) in [6.45, 7) is 1.11. The van der Waals surface area contributed by atoms with Gasteiger partial charge in [0.2, 0.25) is 5.91 Å². The lowest BCUT2D eigenvalue weighted by atomic mass is 10.1. The maximum Gasteiger partial charge on any atom is 0.277 e. The van der Waals surface area contributed by atoms with Crippen LogP contribution in [0.1, 0.15) is 45.8 Å². The maximum atomic E-state index is 13.8. The third-order valence-electron chi connectivity index (χ3n) is 6.97. The van der Waals surface area contributed by atoms with Crippen molar-refractivity contribution >= 4 is 34.8 Å². The fourth-order valence-electron chi connectivity index (χ4n) is 5.04. The molecule has 0 bridgehead atoms. The normalized spacial score (nSPS) is 15.1. The second-order valence-electron chi connectivity index (χ2n) is 9.33. The van der Waals surface area contributed by atoms with Crippen molar-refractivity contribution in [3.8, 4) is 17.1 Å². The summed E-state index contributed by atoms with van der Waals surface area (Å²) >= 11 is 0. The molecule has 4 heterocycles. The van der Waals surface area contributed by atoms with E-state index in [0.29, 0.717) is 31.6 Å². The van der Waals surface area contributed by atoms with E-state index in [1.807, 2.05) is 48.5 Å². The highest BCUT2D eigenvalue weighted by atomic mass is 16.5. The molecule has 38 heavy (non-hydrogen) atoms. The Morgan fingerprint density at radius 3 is 2.55 bits per heavy atom. The van der Waals surface area contributed by atoms with Crippen molar-refractivity contribution in [2.75, 3.05) is 28.6 Å². The zero-order chi connectivity index (χ0) is 26.4. The van der Waals surface area contributed by atoms with Gasteiger partial charge in [0, 0.05) is 42.5 Å². The smallest absolute Gasteiger partial charge is 0.277 e. The molecule has 4 N–H and O–H groups in total. The van der Waals surface area contributed by atoms with Crippen LogP contribution in [0, 0.1) is 0 Å². The molecule has 11 nitrogen and oxygen atoms in total. The fraction of sp³-hybridized carbons (Fsp3) is 0.222. The third-order valence-corrected chi connectivity index (χ3v) is 6.97. The molecule has 11 heteroatoms. The standard InChI is InChI=1S/C27H25N7O4/c28-23-24(16-6-2-1-3-7-16)31-38-27(23)34-21(15-19(30-34)25(29)36)26(37)33-13-11-17-14-18(9-10-20(17)33)32-12-5-4-8-22(32)35/h1-3,6-7,9-10,14-15H,4-5,8,11-13,28H2,(H2,29,36). The van der Waals surface area contributed by atoms with E-state index >= 15 is 0 Å². The van der Waals surface area contributed by atoms with Gasteiger partial charge in [0.1, 0.15) is 17.1 Å². The predicted molar refractivity (Wildman–Crippen MR) is 140 cm³/mol.